The molecule has 0 aliphatic carbocycles. The minimum atomic E-state index is -1.12. The molecule has 1 aromatic carbocycles. The van der Waals surface area contributed by atoms with Crippen molar-refractivity contribution in [2.24, 2.45) is 0 Å². The third kappa shape index (κ3) is 4.94. The zero-order chi connectivity index (χ0) is 15.2. The Morgan fingerprint density at radius 2 is 1.85 bits per heavy atom. The van der Waals surface area contributed by atoms with Gasteiger partial charge in [-0.15, -0.1) is 0 Å². The minimum Gasteiger partial charge on any atom is -0.383 e. The van der Waals surface area contributed by atoms with Crippen molar-refractivity contribution < 1.29 is 14.7 Å². The molecule has 110 valence electrons. The third-order valence-electron chi connectivity index (χ3n) is 3.04. The van der Waals surface area contributed by atoms with Crippen LogP contribution in [0.15, 0.2) is 28.7 Å². The number of amides is 2. The Balaban J connectivity index is 2.63. The van der Waals surface area contributed by atoms with Gasteiger partial charge in [-0.2, -0.15) is 0 Å². The van der Waals surface area contributed by atoms with Gasteiger partial charge in [-0.3, -0.25) is 9.59 Å². The van der Waals surface area contributed by atoms with Crippen LogP contribution >= 0.6 is 15.9 Å². The lowest BCUT2D eigenvalue weighted by molar-refractivity contribution is -0.125. The molecule has 1 rings (SSSR count). The number of carbonyl (C=O) groups is 2. The van der Waals surface area contributed by atoms with E-state index in [0.29, 0.717) is 6.42 Å². The smallest absolute Gasteiger partial charge is 0.239 e. The standard InChI is InChI=1S/C14H19BrN2O3/c1-3-14(20,11-4-6-12(15)7-5-11)9-17-13(19)8-16-10(2)18/h4-7,20H,3,8-9H2,1-2H3,(H,16,18)(H,17,19)/t14-/m1/s1. The number of carbonyl (C=O) groups excluding carboxylic acids is 2. The second-order valence-corrected chi connectivity index (χ2v) is 5.49. The van der Waals surface area contributed by atoms with E-state index in [4.69, 9.17) is 0 Å². The average Bonchev–Trinajstić information content (AvgIpc) is 2.43. The molecule has 0 fully saturated rings. The first-order valence-corrected chi connectivity index (χ1v) is 7.16. The maximum absolute atomic E-state index is 11.6. The van der Waals surface area contributed by atoms with Gasteiger partial charge in [0.1, 0.15) is 5.60 Å². The van der Waals surface area contributed by atoms with Gasteiger partial charge < -0.3 is 15.7 Å². The Morgan fingerprint density at radius 3 is 2.35 bits per heavy atom. The molecule has 0 radical (unpaired) electrons. The van der Waals surface area contributed by atoms with Crippen LogP contribution in [0.2, 0.25) is 0 Å². The molecule has 2 amide bonds. The zero-order valence-electron chi connectivity index (χ0n) is 11.6. The summed E-state index contributed by atoms with van der Waals surface area (Å²) >= 11 is 3.34. The number of hydrogen-bond donors (Lipinski definition) is 3. The van der Waals surface area contributed by atoms with Gasteiger partial charge in [0.05, 0.1) is 13.1 Å². The van der Waals surface area contributed by atoms with E-state index >= 15 is 0 Å². The Labute approximate surface area is 126 Å². The summed E-state index contributed by atoms with van der Waals surface area (Å²) in [7, 11) is 0. The van der Waals surface area contributed by atoms with Crippen LogP contribution in [0, 0.1) is 0 Å². The van der Waals surface area contributed by atoms with E-state index in [-0.39, 0.29) is 24.9 Å². The summed E-state index contributed by atoms with van der Waals surface area (Å²) in [5.74, 6) is -0.594. The molecule has 0 aliphatic rings. The molecule has 0 unspecified atom stereocenters. The van der Waals surface area contributed by atoms with E-state index in [1.165, 1.54) is 6.92 Å². The fourth-order valence-corrected chi connectivity index (χ4v) is 1.97. The Morgan fingerprint density at radius 1 is 1.25 bits per heavy atom. The van der Waals surface area contributed by atoms with Crippen molar-refractivity contribution in [3.8, 4) is 0 Å². The van der Waals surface area contributed by atoms with Crippen molar-refractivity contribution in [2.45, 2.75) is 25.9 Å². The molecule has 0 aliphatic heterocycles. The number of nitrogens with one attached hydrogen (secondary N) is 2. The Bertz CT molecular complexity index is 476. The van der Waals surface area contributed by atoms with Gasteiger partial charge in [-0.1, -0.05) is 35.0 Å². The second kappa shape index (κ2) is 7.40. The maximum atomic E-state index is 11.6. The molecule has 1 atom stereocenters. The molecule has 0 spiro atoms. The molecule has 0 saturated heterocycles. The summed E-state index contributed by atoms with van der Waals surface area (Å²) in [5.41, 5.74) is -0.380. The average molecular weight is 343 g/mol. The molecule has 0 heterocycles. The predicted molar refractivity (Wildman–Crippen MR) is 80.0 cm³/mol. The van der Waals surface area contributed by atoms with E-state index in [9.17, 15) is 14.7 Å². The van der Waals surface area contributed by atoms with Crippen molar-refractivity contribution in [3.63, 3.8) is 0 Å². The van der Waals surface area contributed by atoms with Gasteiger partial charge in [-0.05, 0) is 24.1 Å². The summed E-state index contributed by atoms with van der Waals surface area (Å²) in [6, 6.07) is 7.31. The fraction of sp³-hybridized carbons (Fsp3) is 0.429. The molecular formula is C14H19BrN2O3. The number of hydrogen-bond acceptors (Lipinski definition) is 3. The summed E-state index contributed by atoms with van der Waals surface area (Å²) in [6.45, 7) is 3.21. The van der Waals surface area contributed by atoms with Crippen LogP contribution in [0.4, 0.5) is 0 Å². The van der Waals surface area contributed by atoms with Gasteiger partial charge >= 0.3 is 0 Å². The first-order chi connectivity index (χ1) is 9.37. The van der Waals surface area contributed by atoms with Gasteiger partial charge in [-0.25, -0.2) is 0 Å². The lowest BCUT2D eigenvalue weighted by Crippen LogP contribution is -2.44. The zero-order valence-corrected chi connectivity index (χ0v) is 13.2. The van der Waals surface area contributed by atoms with Crippen molar-refractivity contribution in [1.82, 2.24) is 10.6 Å². The summed E-state index contributed by atoms with van der Waals surface area (Å²) < 4.78 is 0.925. The molecule has 1 aromatic rings. The van der Waals surface area contributed by atoms with Gasteiger partial charge in [0.2, 0.25) is 11.8 Å². The molecule has 3 N–H and O–H groups in total. The van der Waals surface area contributed by atoms with Crippen LogP contribution in [0.3, 0.4) is 0 Å². The predicted octanol–water partition coefficient (Wildman–Crippen LogP) is 1.30. The lowest BCUT2D eigenvalue weighted by Gasteiger charge is -2.27. The number of rotatable bonds is 6. The molecule has 0 bridgehead atoms. The van der Waals surface area contributed by atoms with Crippen molar-refractivity contribution >= 4 is 27.7 Å². The largest absolute Gasteiger partial charge is 0.383 e. The third-order valence-corrected chi connectivity index (χ3v) is 3.57. The number of aliphatic hydroxyl groups is 1. The Hall–Kier alpha value is -1.40. The van der Waals surface area contributed by atoms with Crippen molar-refractivity contribution in [3.05, 3.63) is 34.3 Å². The van der Waals surface area contributed by atoms with Gasteiger partial charge in [0.15, 0.2) is 0 Å². The van der Waals surface area contributed by atoms with Gasteiger partial charge in [0.25, 0.3) is 0 Å². The highest BCUT2D eigenvalue weighted by Gasteiger charge is 2.27. The van der Waals surface area contributed by atoms with Crippen LogP contribution in [0.25, 0.3) is 0 Å². The minimum absolute atomic E-state index is 0.0878. The molecule has 0 saturated carbocycles. The van der Waals surface area contributed by atoms with Crippen LogP contribution in [0.1, 0.15) is 25.8 Å². The van der Waals surface area contributed by atoms with Gasteiger partial charge in [0, 0.05) is 11.4 Å². The highest BCUT2D eigenvalue weighted by molar-refractivity contribution is 9.10. The maximum Gasteiger partial charge on any atom is 0.239 e. The monoisotopic (exact) mass is 342 g/mol. The first kappa shape index (κ1) is 16.7. The summed E-state index contributed by atoms with van der Waals surface area (Å²) in [5, 5.41) is 15.6. The second-order valence-electron chi connectivity index (χ2n) is 4.58. The van der Waals surface area contributed by atoms with Crippen LogP contribution in [0.5, 0.6) is 0 Å². The highest BCUT2D eigenvalue weighted by Crippen LogP contribution is 2.25. The number of halogens is 1. The molecule has 20 heavy (non-hydrogen) atoms. The van der Waals surface area contributed by atoms with E-state index in [1.54, 1.807) is 0 Å². The van der Waals surface area contributed by atoms with Crippen molar-refractivity contribution in [2.75, 3.05) is 13.1 Å². The molecular weight excluding hydrogens is 324 g/mol. The summed E-state index contributed by atoms with van der Waals surface area (Å²) in [4.78, 5) is 22.3. The van der Waals surface area contributed by atoms with E-state index < -0.39 is 5.60 Å². The quantitative estimate of drug-likeness (QED) is 0.729. The van der Waals surface area contributed by atoms with Crippen LogP contribution < -0.4 is 10.6 Å². The van der Waals surface area contributed by atoms with Crippen LogP contribution in [-0.4, -0.2) is 30.0 Å². The Kier molecular flexibility index (Phi) is 6.16. The van der Waals surface area contributed by atoms with Crippen LogP contribution in [-0.2, 0) is 15.2 Å². The topological polar surface area (TPSA) is 78.4 Å². The molecule has 0 aromatic heterocycles. The lowest BCUT2D eigenvalue weighted by atomic mass is 9.91. The van der Waals surface area contributed by atoms with E-state index in [1.807, 2.05) is 31.2 Å². The normalized spacial score (nSPS) is 13.4. The van der Waals surface area contributed by atoms with Crippen molar-refractivity contribution in [1.29, 1.82) is 0 Å². The molecule has 5 nitrogen and oxygen atoms in total. The van der Waals surface area contributed by atoms with E-state index in [0.717, 1.165) is 10.0 Å². The number of benzene rings is 1. The molecule has 6 heteroatoms. The van der Waals surface area contributed by atoms with E-state index in [2.05, 4.69) is 26.6 Å². The summed E-state index contributed by atoms with van der Waals surface area (Å²) in [6.07, 6.45) is 0.467. The SMILES string of the molecule is CC[C@@](O)(CNC(=O)CNC(C)=O)c1ccc(Br)cc1. The highest BCUT2D eigenvalue weighted by atomic mass is 79.9. The fourth-order valence-electron chi connectivity index (χ4n) is 1.70. The first-order valence-electron chi connectivity index (χ1n) is 6.37.